The summed E-state index contributed by atoms with van der Waals surface area (Å²) in [7, 11) is 0. The van der Waals surface area contributed by atoms with E-state index in [1.165, 1.54) is 0 Å². The maximum absolute atomic E-state index is 11.2. The third-order valence-corrected chi connectivity index (χ3v) is 1.64. The van der Waals surface area contributed by atoms with Gasteiger partial charge >= 0.3 is 11.8 Å². The normalized spacial score (nSPS) is 12.5. The molecule has 5 nitrogen and oxygen atoms in total. The molecule has 0 bridgehead atoms. The highest BCUT2D eigenvalue weighted by Crippen LogP contribution is 2.16. The van der Waals surface area contributed by atoms with Gasteiger partial charge in [-0.25, -0.2) is 4.79 Å². The molecule has 5 heteroatoms. The summed E-state index contributed by atoms with van der Waals surface area (Å²) < 4.78 is 9.20. The first-order chi connectivity index (χ1) is 6.15. The van der Waals surface area contributed by atoms with Gasteiger partial charge in [0.15, 0.2) is 5.56 Å². The maximum Gasteiger partial charge on any atom is 0.347 e. The van der Waals surface area contributed by atoms with Crippen molar-refractivity contribution in [3.8, 4) is 5.88 Å². The third kappa shape index (κ3) is 2.21. The van der Waals surface area contributed by atoms with Gasteiger partial charge in [0.05, 0.1) is 6.10 Å². The number of esters is 1. The van der Waals surface area contributed by atoms with E-state index in [0.717, 1.165) is 6.26 Å². The minimum Gasteiger partial charge on any atom is -0.459 e. The number of hydrogen-bond acceptors (Lipinski definition) is 4. The first kappa shape index (κ1) is 9.57. The second kappa shape index (κ2) is 3.93. The molecule has 0 aliphatic heterocycles. The van der Waals surface area contributed by atoms with Gasteiger partial charge in [0, 0.05) is 0 Å². The Kier molecular flexibility index (Phi) is 2.89. The molecule has 71 valence electrons. The molecule has 1 heterocycles. The van der Waals surface area contributed by atoms with Crippen LogP contribution in [0.3, 0.4) is 0 Å². The lowest BCUT2D eigenvalue weighted by Crippen LogP contribution is -2.13. The van der Waals surface area contributed by atoms with Crippen molar-refractivity contribution in [1.82, 2.24) is 5.16 Å². The number of aromatic nitrogens is 1. The van der Waals surface area contributed by atoms with Crippen LogP contribution in [0.2, 0.25) is 0 Å². The van der Waals surface area contributed by atoms with E-state index in [9.17, 15) is 9.90 Å². The zero-order chi connectivity index (χ0) is 9.84. The van der Waals surface area contributed by atoms with Crippen LogP contribution in [0.5, 0.6) is 5.88 Å². The van der Waals surface area contributed by atoms with Gasteiger partial charge in [-0.15, -0.1) is 0 Å². The molecule has 1 rings (SSSR count). The van der Waals surface area contributed by atoms with Crippen molar-refractivity contribution in [2.24, 2.45) is 0 Å². The van der Waals surface area contributed by atoms with E-state index in [1.807, 2.05) is 6.92 Å². The van der Waals surface area contributed by atoms with Crippen LogP contribution in [-0.2, 0) is 9.84 Å². The van der Waals surface area contributed by atoms with E-state index in [0.29, 0.717) is 6.42 Å². The van der Waals surface area contributed by atoms with E-state index in [1.54, 1.807) is 6.92 Å². The average Bonchev–Trinajstić information content (AvgIpc) is 2.51. The molecule has 1 aromatic heterocycles. The summed E-state index contributed by atoms with van der Waals surface area (Å²) in [5.74, 6) is -1.37. The molecule has 0 aliphatic rings. The standard InChI is InChI=1S/C8H10NO4/c1-3-5(2)13-8(11)6-4-12-9-7(6)10/h4-5H,3H2,1-2H3. The van der Waals surface area contributed by atoms with Gasteiger partial charge in [0.1, 0.15) is 6.26 Å². The van der Waals surface area contributed by atoms with Gasteiger partial charge in [-0.3, -0.25) is 5.11 Å². The molecular weight excluding hydrogens is 174 g/mol. The molecule has 13 heavy (non-hydrogen) atoms. The van der Waals surface area contributed by atoms with Crippen LogP contribution in [0.15, 0.2) is 10.8 Å². The number of rotatable bonds is 3. The molecule has 0 fully saturated rings. The molecule has 0 spiro atoms. The van der Waals surface area contributed by atoms with E-state index in [-0.39, 0.29) is 11.7 Å². The Morgan fingerprint density at radius 2 is 2.46 bits per heavy atom. The van der Waals surface area contributed by atoms with E-state index < -0.39 is 11.8 Å². The zero-order valence-electron chi connectivity index (χ0n) is 7.44. The van der Waals surface area contributed by atoms with Gasteiger partial charge in [-0.05, 0) is 18.5 Å². The Morgan fingerprint density at radius 1 is 1.77 bits per heavy atom. The summed E-state index contributed by atoms with van der Waals surface area (Å²) in [5, 5.41) is 13.9. The number of carbonyl (C=O) groups excluding carboxylic acids is 1. The van der Waals surface area contributed by atoms with Crippen LogP contribution < -0.4 is 0 Å². The van der Waals surface area contributed by atoms with E-state index >= 15 is 0 Å². The first-order valence-corrected chi connectivity index (χ1v) is 3.97. The van der Waals surface area contributed by atoms with Crippen molar-refractivity contribution >= 4 is 5.97 Å². The Morgan fingerprint density at radius 3 is 2.92 bits per heavy atom. The number of ether oxygens (including phenoxy) is 1. The Hall–Kier alpha value is -1.52. The lowest BCUT2D eigenvalue weighted by Gasteiger charge is -2.08. The van der Waals surface area contributed by atoms with Crippen molar-refractivity contribution in [3.63, 3.8) is 0 Å². The van der Waals surface area contributed by atoms with Crippen molar-refractivity contribution in [2.75, 3.05) is 0 Å². The molecule has 0 saturated carbocycles. The minimum absolute atomic E-state index is 0.152. The molecule has 0 aromatic carbocycles. The molecule has 1 aromatic rings. The Balaban J connectivity index is 2.64. The molecule has 1 atom stereocenters. The second-order valence-electron chi connectivity index (χ2n) is 2.66. The number of carbonyl (C=O) groups is 1. The predicted octanol–water partition coefficient (Wildman–Crippen LogP) is 1.77. The lowest BCUT2D eigenvalue weighted by atomic mass is 10.3. The summed E-state index contributed by atoms with van der Waals surface area (Å²) in [4.78, 5) is 11.2. The van der Waals surface area contributed by atoms with Crippen LogP contribution >= 0.6 is 0 Å². The quantitative estimate of drug-likeness (QED) is 0.671. The Bertz CT molecular complexity index is 294. The molecule has 0 saturated heterocycles. The fraction of sp³-hybridized carbons (Fsp3) is 0.500. The Labute approximate surface area is 75.3 Å². The highest BCUT2D eigenvalue weighted by atomic mass is 16.5. The molecule has 0 aliphatic carbocycles. The highest BCUT2D eigenvalue weighted by Gasteiger charge is 2.19. The topological polar surface area (TPSA) is 72.2 Å². The van der Waals surface area contributed by atoms with Crippen molar-refractivity contribution in [3.05, 3.63) is 11.8 Å². The van der Waals surface area contributed by atoms with Gasteiger partial charge in [0.2, 0.25) is 0 Å². The molecule has 1 radical (unpaired) electrons. The SMILES string of the molecule is CCC(C)OC(=O)c1conc1[O]. The summed E-state index contributed by atoms with van der Waals surface area (Å²) >= 11 is 0. The third-order valence-electron chi connectivity index (χ3n) is 1.64. The number of hydrogen-bond donors (Lipinski definition) is 0. The summed E-state index contributed by atoms with van der Waals surface area (Å²) in [6.45, 7) is 3.62. The van der Waals surface area contributed by atoms with Crippen molar-refractivity contribution < 1.29 is 19.2 Å². The van der Waals surface area contributed by atoms with Crippen molar-refractivity contribution in [2.45, 2.75) is 26.4 Å². The monoisotopic (exact) mass is 184 g/mol. The fourth-order valence-electron chi connectivity index (χ4n) is 0.691. The second-order valence-corrected chi connectivity index (χ2v) is 2.66. The summed E-state index contributed by atoms with van der Waals surface area (Å²) in [5.41, 5.74) is -0.152. The number of nitrogens with zero attached hydrogens (tertiary/aromatic N) is 1. The first-order valence-electron chi connectivity index (χ1n) is 3.97. The van der Waals surface area contributed by atoms with Gasteiger partial charge < -0.3 is 9.26 Å². The summed E-state index contributed by atoms with van der Waals surface area (Å²) in [6, 6.07) is 0. The van der Waals surface area contributed by atoms with Gasteiger partial charge in [-0.1, -0.05) is 6.92 Å². The largest absolute Gasteiger partial charge is 0.459 e. The predicted molar refractivity (Wildman–Crippen MR) is 41.8 cm³/mol. The maximum atomic E-state index is 11.2. The zero-order valence-corrected chi connectivity index (χ0v) is 7.44. The lowest BCUT2D eigenvalue weighted by molar-refractivity contribution is 0.0329. The molecule has 0 amide bonds. The van der Waals surface area contributed by atoms with E-state index in [2.05, 4.69) is 9.68 Å². The summed E-state index contributed by atoms with van der Waals surface area (Å²) in [6.07, 6.45) is 1.49. The smallest absolute Gasteiger partial charge is 0.347 e. The van der Waals surface area contributed by atoms with Gasteiger partial charge in [-0.2, -0.15) is 0 Å². The van der Waals surface area contributed by atoms with E-state index in [4.69, 9.17) is 4.74 Å². The average molecular weight is 184 g/mol. The molecule has 1 unspecified atom stereocenters. The van der Waals surface area contributed by atoms with Crippen LogP contribution in [0.25, 0.3) is 0 Å². The molecular formula is C8H10NO4. The van der Waals surface area contributed by atoms with Crippen LogP contribution in [0.1, 0.15) is 30.6 Å². The van der Waals surface area contributed by atoms with Crippen LogP contribution in [0, 0.1) is 0 Å². The van der Waals surface area contributed by atoms with Crippen LogP contribution in [0.4, 0.5) is 0 Å². The fourth-order valence-corrected chi connectivity index (χ4v) is 0.691. The minimum atomic E-state index is -0.687. The van der Waals surface area contributed by atoms with Crippen molar-refractivity contribution in [1.29, 1.82) is 0 Å². The van der Waals surface area contributed by atoms with Crippen LogP contribution in [-0.4, -0.2) is 17.2 Å². The van der Waals surface area contributed by atoms with Gasteiger partial charge in [0.25, 0.3) is 0 Å². The molecule has 0 N–H and O–H groups in total. The highest BCUT2D eigenvalue weighted by molar-refractivity contribution is 5.91.